The zero-order chi connectivity index (χ0) is 3.58. The molecule has 4 heavy (non-hydrogen) atoms. The summed E-state index contributed by atoms with van der Waals surface area (Å²) in [5.41, 5.74) is 0. The number of hydrazine groups is 1. The van der Waals surface area contributed by atoms with Crippen LogP contribution in [0.1, 0.15) is 0 Å². The Balaban J connectivity index is 2.32. The molecule has 0 spiro atoms. The molecule has 0 bridgehead atoms. The molecule has 2 nitrogen and oxygen atoms in total. The van der Waals surface area contributed by atoms with E-state index in [1.54, 1.807) is 7.05 Å². The van der Waals surface area contributed by atoms with Crippen LogP contribution in [0.5, 0.6) is 0 Å². The van der Waals surface area contributed by atoms with E-state index in [1.165, 1.54) is 5.01 Å². The molecule has 0 aromatic carbocycles. The molecule has 25 valence electrons. The average Bonchev–Trinajstić information content (AvgIpc) is 0.811. The Morgan fingerprint density at radius 3 is 2.00 bits per heavy atom. The van der Waals surface area contributed by atoms with Crippen molar-refractivity contribution >= 4 is 0 Å². The summed E-state index contributed by atoms with van der Waals surface area (Å²) in [4.78, 5) is 0. The third-order valence-corrected chi connectivity index (χ3v) is 0. The number of hydrogen-bond donors (Lipinski definition) is 1. The molecule has 0 fully saturated rings. The summed E-state index contributed by atoms with van der Waals surface area (Å²) in [5.74, 6) is 4.83. The number of hydrogen-bond acceptors (Lipinski definition) is 2. The van der Waals surface area contributed by atoms with Gasteiger partial charge in [0.05, 0.1) is 0 Å². The molecule has 0 saturated carbocycles. The summed E-state index contributed by atoms with van der Waals surface area (Å²) in [6.45, 7) is 0. The Morgan fingerprint density at radius 2 is 2.00 bits per heavy atom. The number of nitrogens with two attached hydrogens (primary N) is 1. The highest BCUT2D eigenvalue weighted by Crippen LogP contribution is 1.44. The first-order valence-electron chi connectivity index (χ1n) is 1.02. The molecular formula is C2H7N2. The van der Waals surface area contributed by atoms with Gasteiger partial charge in [-0.15, -0.1) is 0 Å². The maximum absolute atomic E-state index is 4.83. The topological polar surface area (TPSA) is 29.3 Å². The fraction of sp³-hybridized carbons (Fsp3) is 0.500. The van der Waals surface area contributed by atoms with E-state index >= 15 is 0 Å². The van der Waals surface area contributed by atoms with Crippen LogP contribution in [0.4, 0.5) is 0 Å². The van der Waals surface area contributed by atoms with Gasteiger partial charge in [0.15, 0.2) is 0 Å². The van der Waals surface area contributed by atoms with E-state index in [0.29, 0.717) is 0 Å². The number of nitrogens with zero attached hydrogens (tertiary/aromatic N) is 1. The lowest BCUT2D eigenvalue weighted by molar-refractivity contribution is 0.478. The number of rotatable bonds is 0. The van der Waals surface area contributed by atoms with E-state index in [1.807, 2.05) is 0 Å². The van der Waals surface area contributed by atoms with Crippen molar-refractivity contribution in [1.82, 2.24) is 5.01 Å². The highest BCUT2D eigenvalue weighted by atomic mass is 15.4. The van der Waals surface area contributed by atoms with Crippen LogP contribution >= 0.6 is 0 Å². The molecule has 0 atom stereocenters. The van der Waals surface area contributed by atoms with Crippen molar-refractivity contribution in [1.29, 1.82) is 0 Å². The lowest BCUT2D eigenvalue weighted by atomic mass is 11.2. The van der Waals surface area contributed by atoms with Crippen molar-refractivity contribution in [3.8, 4) is 0 Å². The van der Waals surface area contributed by atoms with E-state index in [0.717, 1.165) is 0 Å². The molecule has 0 aliphatic rings. The highest BCUT2D eigenvalue weighted by molar-refractivity contribution is 4.16. The first-order chi connectivity index (χ1) is 1.73. The summed E-state index contributed by atoms with van der Waals surface area (Å²) in [6.07, 6.45) is 0. The fourth-order valence-electron chi connectivity index (χ4n) is 0. The van der Waals surface area contributed by atoms with E-state index < -0.39 is 0 Å². The Kier molecular flexibility index (Phi) is 1.24. The van der Waals surface area contributed by atoms with Gasteiger partial charge < -0.3 is 0 Å². The van der Waals surface area contributed by atoms with Crippen LogP contribution in [0.3, 0.4) is 0 Å². The molecule has 0 rings (SSSR count). The molecule has 0 aliphatic heterocycles. The van der Waals surface area contributed by atoms with Gasteiger partial charge in [0.2, 0.25) is 0 Å². The highest BCUT2D eigenvalue weighted by Gasteiger charge is 1.58. The monoisotopic (exact) mass is 59.1 g/mol. The predicted molar refractivity (Wildman–Crippen MR) is 17.3 cm³/mol. The summed E-state index contributed by atoms with van der Waals surface area (Å²) < 4.78 is 0. The first kappa shape index (κ1) is 3.92. The van der Waals surface area contributed by atoms with Crippen molar-refractivity contribution in [2.75, 3.05) is 7.05 Å². The normalized spacial score (nSPS) is 9.00. The SMILES string of the molecule is [CH2]N(C)N. The predicted octanol–water partition coefficient (Wildman–Crippen LogP) is -0.417. The van der Waals surface area contributed by atoms with E-state index in [9.17, 15) is 0 Å². The maximum Gasteiger partial charge on any atom is 0.0267 e. The molecular weight excluding hydrogens is 52.0 g/mol. The molecule has 0 aromatic heterocycles. The molecule has 0 unspecified atom stereocenters. The summed E-state index contributed by atoms with van der Waals surface area (Å²) in [7, 11) is 4.92. The Hall–Kier alpha value is -0.0800. The minimum absolute atomic E-state index is 1.25. The Labute approximate surface area is 26.2 Å². The Bertz CT molecular complexity index is 8.75. The van der Waals surface area contributed by atoms with Crippen molar-refractivity contribution in [3.63, 3.8) is 0 Å². The molecule has 1 radical (unpaired) electrons. The van der Waals surface area contributed by atoms with Gasteiger partial charge in [-0.05, 0) is 0 Å². The second-order valence-corrected chi connectivity index (χ2v) is 0.757. The second-order valence-electron chi connectivity index (χ2n) is 0.757. The van der Waals surface area contributed by atoms with Gasteiger partial charge in [-0.1, -0.05) is 0 Å². The van der Waals surface area contributed by atoms with Gasteiger partial charge in [-0.2, -0.15) is 0 Å². The van der Waals surface area contributed by atoms with E-state index in [4.69, 9.17) is 5.84 Å². The van der Waals surface area contributed by atoms with E-state index in [-0.39, 0.29) is 0 Å². The minimum atomic E-state index is 1.25. The lowest BCUT2D eigenvalue weighted by Crippen LogP contribution is -2.16. The largest absolute Gasteiger partial charge is 0.269 e. The smallest absolute Gasteiger partial charge is 0.0267 e. The lowest BCUT2D eigenvalue weighted by Gasteiger charge is -1.90. The summed E-state index contributed by atoms with van der Waals surface area (Å²) in [6, 6.07) is 0. The molecule has 2 heteroatoms. The van der Waals surface area contributed by atoms with E-state index in [2.05, 4.69) is 7.05 Å². The summed E-state index contributed by atoms with van der Waals surface area (Å²) in [5, 5.41) is 1.25. The molecule has 0 heterocycles. The van der Waals surface area contributed by atoms with Gasteiger partial charge in [0.25, 0.3) is 0 Å². The van der Waals surface area contributed by atoms with Crippen molar-refractivity contribution in [2.45, 2.75) is 0 Å². The molecule has 0 aromatic rings. The van der Waals surface area contributed by atoms with Gasteiger partial charge in [-0.3, -0.25) is 5.84 Å². The van der Waals surface area contributed by atoms with Crippen molar-refractivity contribution in [3.05, 3.63) is 7.05 Å². The molecule has 2 N–H and O–H groups in total. The molecule has 0 aliphatic carbocycles. The van der Waals surface area contributed by atoms with Crippen LogP contribution in [0, 0.1) is 7.05 Å². The van der Waals surface area contributed by atoms with Crippen LogP contribution in [0.25, 0.3) is 0 Å². The second kappa shape index (κ2) is 1.26. The quantitative estimate of drug-likeness (QED) is 0.303. The minimum Gasteiger partial charge on any atom is -0.269 e. The van der Waals surface area contributed by atoms with Crippen molar-refractivity contribution in [2.24, 2.45) is 5.84 Å². The van der Waals surface area contributed by atoms with Crippen LogP contribution in [0.2, 0.25) is 0 Å². The fourth-order valence-corrected chi connectivity index (χ4v) is 0. The third kappa shape index (κ3) is 254. The van der Waals surface area contributed by atoms with Crippen LogP contribution in [-0.2, 0) is 0 Å². The van der Waals surface area contributed by atoms with Gasteiger partial charge >= 0.3 is 0 Å². The zero-order valence-corrected chi connectivity index (χ0v) is 2.73. The summed E-state index contributed by atoms with van der Waals surface area (Å²) >= 11 is 0. The van der Waals surface area contributed by atoms with Gasteiger partial charge in [0.1, 0.15) is 0 Å². The van der Waals surface area contributed by atoms with Crippen LogP contribution in [-0.4, -0.2) is 12.1 Å². The average molecular weight is 59.1 g/mol. The third-order valence-electron chi connectivity index (χ3n) is 0. The molecule has 0 saturated heterocycles. The van der Waals surface area contributed by atoms with Crippen LogP contribution < -0.4 is 5.84 Å². The first-order valence-corrected chi connectivity index (χ1v) is 1.02. The molecule has 0 amide bonds. The van der Waals surface area contributed by atoms with Gasteiger partial charge in [0, 0.05) is 14.1 Å². The Morgan fingerprint density at radius 1 is 2.00 bits per heavy atom. The maximum atomic E-state index is 4.83. The van der Waals surface area contributed by atoms with Crippen molar-refractivity contribution < 1.29 is 0 Å². The zero-order valence-electron chi connectivity index (χ0n) is 2.73. The van der Waals surface area contributed by atoms with Crippen LogP contribution in [0.15, 0.2) is 0 Å². The standard InChI is InChI=1S/C2H7N2/c1-4(2)3/h1,3H2,2H3. The van der Waals surface area contributed by atoms with Gasteiger partial charge in [-0.25, -0.2) is 5.01 Å².